The second-order valence-corrected chi connectivity index (χ2v) is 30.1. The molecule has 0 atom stereocenters. The van der Waals surface area contributed by atoms with Crippen molar-refractivity contribution in [3.63, 3.8) is 0 Å². The molecule has 0 bridgehead atoms. The zero-order valence-electron chi connectivity index (χ0n) is 65.3. The third-order valence-electron chi connectivity index (χ3n) is 16.1. The van der Waals surface area contributed by atoms with Gasteiger partial charge in [-0.05, 0) is 109 Å². The lowest BCUT2D eigenvalue weighted by molar-refractivity contribution is -0.904. The van der Waals surface area contributed by atoms with Crippen LogP contribution in [0.1, 0.15) is 184 Å². The van der Waals surface area contributed by atoms with Crippen molar-refractivity contribution in [2.45, 2.75) is 203 Å². The number of unbranched alkanes of at least 4 members (excludes halogenated alkanes) is 12. The Labute approximate surface area is 672 Å². The number of terminal acetylenes is 1. The van der Waals surface area contributed by atoms with E-state index in [0.29, 0.717) is 43.8 Å². The summed E-state index contributed by atoms with van der Waals surface area (Å²) in [5.74, 6) is 2.32. The Balaban J connectivity index is -0.000000113. The first-order valence-corrected chi connectivity index (χ1v) is 35.5. The van der Waals surface area contributed by atoms with E-state index in [1.54, 1.807) is 27.7 Å². The summed E-state index contributed by atoms with van der Waals surface area (Å²) in [6, 6.07) is -0.591. The smallest absolute Gasteiger partial charge is 0.325 e. The summed E-state index contributed by atoms with van der Waals surface area (Å²) in [4.78, 5) is 60.6. The van der Waals surface area contributed by atoms with Crippen LogP contribution in [0.15, 0.2) is 21.5 Å². The number of nitrogens with one attached hydrogen (secondary N) is 2. The van der Waals surface area contributed by atoms with E-state index in [0.717, 1.165) is 88.8 Å². The molecule has 0 aromatic carbocycles. The van der Waals surface area contributed by atoms with Crippen molar-refractivity contribution in [1.29, 1.82) is 0 Å². The number of urea groups is 2. The minimum absolute atomic E-state index is 0. The van der Waals surface area contributed by atoms with Crippen molar-refractivity contribution < 1.29 is 136 Å². The highest BCUT2D eigenvalue weighted by molar-refractivity contribution is 9.09. The van der Waals surface area contributed by atoms with Crippen LogP contribution in [-0.2, 0) is 22.7 Å². The van der Waals surface area contributed by atoms with Crippen LogP contribution in [0.5, 0.6) is 0 Å². The monoisotopic (exact) mass is 1830 g/mol. The van der Waals surface area contributed by atoms with Gasteiger partial charge in [-0.1, -0.05) is 129 Å². The molecule has 101 heavy (non-hydrogen) atoms. The zero-order chi connectivity index (χ0) is 71.6. The summed E-state index contributed by atoms with van der Waals surface area (Å²) < 4.78 is 6.30. The topological polar surface area (TPSA) is 279 Å². The Kier molecular flexibility index (Phi) is 83.0. The van der Waals surface area contributed by atoms with Crippen LogP contribution in [0.25, 0.3) is 31.3 Å². The lowest BCUT2D eigenvalue weighted by Crippen LogP contribution is -3.00. The maximum Gasteiger partial charge on any atom is 0.325 e. The van der Waals surface area contributed by atoms with Crippen LogP contribution in [0.4, 0.5) is 19.0 Å². The Morgan fingerprint density at radius 3 is 1.17 bits per heavy atom. The number of hydrogen-bond donors (Lipinski definition) is 2. The molecule has 2 aliphatic heterocycles. The molecule has 0 saturated carbocycles. The van der Waals surface area contributed by atoms with E-state index in [-0.39, 0.29) is 126 Å². The zero-order valence-corrected chi connectivity index (χ0v) is 74.8. The maximum absolute atomic E-state index is 12.3. The molecule has 0 unspecified atom stereocenters. The third-order valence-corrected chi connectivity index (χ3v) is 16.7. The quantitative estimate of drug-likeness (QED) is 0.0112. The standard InChI is InChI=1S/C23H44N7O2.C13H21N3O2.2C10H23N4.C6H13Br.C4H10N4.CH4.5BrH.2FH/c1-8-9-10-11-15-29(4,5)17-14-27-18-20(25-26-27)19-30(6,7)16-12-13-28-21(31)23(2,3)24-22(28)32;1-6-9-16(4,5)10-7-8-15-11(17)13(2,3)14-12(15)18;2*1-4-5-6-7-9-14(2,3)10-8-12-13-11;1-2-3-4-5-6-7;1-8(2)4-3-6-7-5;;;;;;;;/h18H,8-17,19H2,1-7H3;1H,7-10H2,2-5H3;2*4-10H2,1-3H3;2-6H2,1H3;3-4H2,1-2H3;1H4;7*1H/q+1;;2*+1;;;;;;;;;;/p-3. The van der Waals surface area contributed by atoms with Gasteiger partial charge in [-0.15, -0.1) is 11.5 Å². The van der Waals surface area contributed by atoms with Crippen molar-refractivity contribution >= 4 is 39.8 Å². The van der Waals surface area contributed by atoms with E-state index in [1.165, 1.54) is 137 Å². The molecule has 3 heterocycles. The van der Waals surface area contributed by atoms with Crippen LogP contribution in [0.3, 0.4) is 0 Å². The number of azide groups is 3. The van der Waals surface area contributed by atoms with E-state index >= 15 is 0 Å². The molecule has 1 aromatic rings. The Hall–Kier alpha value is -2.99. The average Bonchev–Trinajstić information content (AvgIpc) is 1.67. The van der Waals surface area contributed by atoms with Crippen molar-refractivity contribution in [3.8, 4) is 12.3 Å². The molecular weight excluding hydrogens is 1690 g/mol. The summed E-state index contributed by atoms with van der Waals surface area (Å²) in [5.41, 5.74) is 23.5. The van der Waals surface area contributed by atoms with Crippen molar-refractivity contribution in [3.05, 3.63) is 43.2 Å². The molecule has 0 aliphatic carbocycles. The highest BCUT2D eigenvalue weighted by Gasteiger charge is 2.45. The van der Waals surface area contributed by atoms with Gasteiger partial charge in [-0.2, -0.15) is 0 Å². The molecule has 3 rings (SSSR count). The predicted octanol–water partition coefficient (Wildman–Crippen LogP) is -1.66. The van der Waals surface area contributed by atoms with Gasteiger partial charge in [0.1, 0.15) is 29.9 Å². The van der Waals surface area contributed by atoms with Gasteiger partial charge in [0.15, 0.2) is 0 Å². The first kappa shape index (κ1) is 122. The molecule has 6 amide bonds. The van der Waals surface area contributed by atoms with Gasteiger partial charge in [0.2, 0.25) is 0 Å². The van der Waals surface area contributed by atoms with Crippen LogP contribution in [-0.4, -0.2) is 275 Å². The van der Waals surface area contributed by atoms with E-state index < -0.39 is 11.1 Å². The van der Waals surface area contributed by atoms with Crippen LogP contribution >= 0.6 is 15.9 Å². The number of aromatic nitrogens is 3. The van der Waals surface area contributed by atoms with Gasteiger partial charge in [0.05, 0.1) is 149 Å². The third kappa shape index (κ3) is 66.2. The molecule has 600 valence electrons. The van der Waals surface area contributed by atoms with E-state index in [4.69, 9.17) is 23.0 Å². The number of imide groups is 2. The van der Waals surface area contributed by atoms with Gasteiger partial charge < -0.3 is 123 Å². The summed E-state index contributed by atoms with van der Waals surface area (Å²) in [7, 11) is 25.6. The molecule has 1 aromatic heterocycles. The Morgan fingerprint density at radius 2 is 0.851 bits per heavy atom. The van der Waals surface area contributed by atoms with E-state index in [9.17, 15) is 19.2 Å². The first-order chi connectivity index (χ1) is 43.5. The van der Waals surface area contributed by atoms with Gasteiger partial charge in [-0.3, -0.25) is 28.8 Å². The molecule has 0 spiro atoms. The number of nitrogens with zero attached hydrogens (tertiary/aromatic N) is 20. The van der Waals surface area contributed by atoms with Crippen LogP contribution < -0.4 is 95.5 Å². The minimum Gasteiger partial charge on any atom is -1.00 e. The van der Waals surface area contributed by atoms with E-state index in [2.05, 4.69) is 163 Å². The van der Waals surface area contributed by atoms with Crippen molar-refractivity contribution in [2.24, 2.45) is 15.3 Å². The Bertz CT molecular complexity index is 2380. The normalized spacial score (nSPS) is 13.0. The van der Waals surface area contributed by atoms with Crippen LogP contribution in [0, 0.1) is 12.3 Å². The molecule has 2 saturated heterocycles. The fourth-order valence-corrected chi connectivity index (χ4v) is 10.3. The number of carbonyl (C=O) groups is 4. The fourth-order valence-electron chi connectivity index (χ4n) is 9.86. The van der Waals surface area contributed by atoms with E-state index in [1.807, 2.05) is 37.8 Å². The summed E-state index contributed by atoms with van der Waals surface area (Å²) in [6.07, 6.45) is 29.9. The van der Waals surface area contributed by atoms with Gasteiger partial charge in [0.25, 0.3) is 11.8 Å². The number of alkyl halides is 1. The average molecular weight is 1840 g/mol. The SMILES string of the molecule is C.C#CC[N+](C)(C)CCCN1C(=O)NC(C)(C)C1=O.CCCCCCBr.CCCCCC[N+](C)(C)CCN=[N+]=[N-].CCCCCC[N+](C)(C)CCN=[N+]=[N-].CCCCCC[N+](C)(C)CCn1cc(C[N+](C)(C)CCCN2C(=O)NC(C)(C)C2=O)nn1.CN(C)CCN=[N+]=[N-].F.F.[Br-].[Br-].[Br-].[Br-].[Br-]. The van der Waals surface area contributed by atoms with Crippen LogP contribution in [0.2, 0.25) is 0 Å². The molecule has 2 fully saturated rings. The number of quaternary nitrogens is 5. The largest absolute Gasteiger partial charge is 1.00 e. The van der Waals surface area contributed by atoms with Gasteiger partial charge in [-0.25, -0.2) is 14.3 Å². The second-order valence-electron chi connectivity index (χ2n) is 29.3. The number of carbonyl (C=O) groups excluding carboxylic acids is 4. The molecule has 2 aliphatic rings. The van der Waals surface area contributed by atoms with Gasteiger partial charge >= 0.3 is 12.1 Å². The summed E-state index contributed by atoms with van der Waals surface area (Å²) >= 11 is 3.38. The van der Waals surface area contributed by atoms with Crippen molar-refractivity contribution in [1.82, 2.24) is 40.3 Å². The fraction of sp³-hybridized carbons (Fsp3) is 0.881. The number of halogens is 8. The molecule has 34 heteroatoms. The maximum atomic E-state index is 12.3. The molecule has 26 nitrogen and oxygen atoms in total. The molecule has 2 N–H and O–H groups in total. The number of rotatable bonds is 42. The highest BCUT2D eigenvalue weighted by atomic mass is 79.9. The minimum atomic E-state index is -0.803. The predicted molar refractivity (Wildman–Crippen MR) is 397 cm³/mol. The first-order valence-electron chi connectivity index (χ1n) is 34.4. The molecular formula is C67H142Br6F2N22O4. The Morgan fingerprint density at radius 1 is 0.515 bits per heavy atom. The summed E-state index contributed by atoms with van der Waals surface area (Å²) in [6.45, 7) is 29.7. The lowest BCUT2D eigenvalue weighted by atomic mass is 10.1. The number of likely N-dealkylation sites (N-methyl/N-ethyl adjacent to an activating group) is 4. The lowest BCUT2D eigenvalue weighted by Gasteiger charge is -2.30. The summed E-state index contributed by atoms with van der Waals surface area (Å²) in [5, 5.41) is 25.8. The number of hydrogen-bond acceptors (Lipinski definition) is 10. The molecule has 0 radical (unpaired) electrons. The van der Waals surface area contributed by atoms with Gasteiger partial charge in [0, 0.05) is 59.1 Å². The van der Waals surface area contributed by atoms with Crippen molar-refractivity contribution in [2.75, 3.05) is 188 Å². The second kappa shape index (κ2) is 68.8. The number of amides is 6. The highest BCUT2D eigenvalue weighted by Crippen LogP contribution is 2.19.